The Morgan fingerprint density at radius 2 is 1.56 bits per heavy atom. The quantitative estimate of drug-likeness (QED) is 0.329. The van der Waals surface area contributed by atoms with Gasteiger partial charge in [-0.05, 0) is 5.04 Å². The van der Waals surface area contributed by atoms with Crippen molar-refractivity contribution in [3.05, 3.63) is 5.21 Å². The number of alkyl halides is 3. The van der Waals surface area contributed by atoms with Gasteiger partial charge in [-0.1, -0.05) is 33.9 Å². The molecule has 0 rings (SSSR count). The molecule has 0 atom stereocenters. The van der Waals surface area contributed by atoms with E-state index in [0.717, 1.165) is 0 Å². The van der Waals surface area contributed by atoms with Crippen molar-refractivity contribution in [2.45, 2.75) is 52.0 Å². The maximum Gasteiger partial charge on any atom is 0.478 e. The fraction of sp³-hybridized carbons (Fsp3) is 0.889. The number of rotatable bonds is 2. The van der Waals surface area contributed by atoms with E-state index in [-0.39, 0.29) is 5.04 Å². The monoisotopic (exact) mass is 257 g/mol. The minimum absolute atomic E-state index is 0.318. The smallest absolute Gasteiger partial charge is 0.442 e. The van der Waals surface area contributed by atoms with Crippen LogP contribution in [0.5, 0.6) is 0 Å². The second-order valence-electron chi connectivity index (χ2n) is 5.19. The van der Waals surface area contributed by atoms with E-state index in [4.69, 9.17) is 4.53 Å². The molecule has 0 radical (unpaired) electrons. The first-order valence-electron chi connectivity index (χ1n) is 4.86. The van der Waals surface area contributed by atoms with E-state index >= 15 is 0 Å². The highest BCUT2D eigenvalue weighted by molar-refractivity contribution is 6.73. The van der Waals surface area contributed by atoms with Crippen LogP contribution in [-0.2, 0) is 4.53 Å². The van der Waals surface area contributed by atoms with Gasteiger partial charge in [0.1, 0.15) is 0 Å². The van der Waals surface area contributed by atoms with Gasteiger partial charge >= 0.3 is 11.9 Å². The van der Waals surface area contributed by atoms with Crippen molar-refractivity contribution in [1.29, 1.82) is 0 Å². The molecule has 0 aromatic heterocycles. The lowest BCUT2D eigenvalue weighted by molar-refractivity contribution is -0.708. The molecule has 0 saturated carbocycles. The van der Waals surface area contributed by atoms with Crippen molar-refractivity contribution in [2.24, 2.45) is 0 Å². The molecule has 0 aliphatic rings. The average Bonchev–Trinajstić information content (AvgIpc) is 1.97. The standard InChI is InChI=1S/C9H18F3NO2Si/c1-7(9(10,11)12)13(14)15-16(5,6)8(2,3)4/h1-6H3/b13-7+. The second-order valence-corrected chi connectivity index (χ2v) is 9.90. The van der Waals surface area contributed by atoms with Crippen molar-refractivity contribution in [2.75, 3.05) is 0 Å². The Labute approximate surface area is 94.6 Å². The van der Waals surface area contributed by atoms with Crippen LogP contribution in [0.2, 0.25) is 18.1 Å². The van der Waals surface area contributed by atoms with Gasteiger partial charge < -0.3 is 4.53 Å². The summed E-state index contributed by atoms with van der Waals surface area (Å²) in [6, 6.07) is 0. The lowest BCUT2D eigenvalue weighted by Gasteiger charge is -2.37. The third-order valence-corrected chi connectivity index (χ3v) is 7.04. The zero-order chi connectivity index (χ0) is 13.4. The fourth-order valence-corrected chi connectivity index (χ4v) is 1.34. The number of halogens is 3. The Balaban J connectivity index is 5.02. The van der Waals surface area contributed by atoms with Crippen molar-refractivity contribution in [3.63, 3.8) is 0 Å². The zero-order valence-electron chi connectivity index (χ0n) is 10.4. The molecule has 7 heteroatoms. The topological polar surface area (TPSA) is 35.3 Å². The molecule has 0 heterocycles. The van der Waals surface area contributed by atoms with Crippen LogP contribution in [0.25, 0.3) is 0 Å². The lowest BCUT2D eigenvalue weighted by Crippen LogP contribution is -2.45. The molecule has 0 bridgehead atoms. The first-order valence-corrected chi connectivity index (χ1v) is 7.77. The highest BCUT2D eigenvalue weighted by Gasteiger charge is 2.43. The lowest BCUT2D eigenvalue weighted by atomic mass is 10.2. The summed E-state index contributed by atoms with van der Waals surface area (Å²) in [5.74, 6) is 0. The van der Waals surface area contributed by atoms with E-state index in [2.05, 4.69) is 0 Å². The van der Waals surface area contributed by atoms with Gasteiger partial charge in [0.15, 0.2) is 8.32 Å². The summed E-state index contributed by atoms with van der Waals surface area (Å²) in [4.78, 5) is -0.391. The van der Waals surface area contributed by atoms with Crippen molar-refractivity contribution in [3.8, 4) is 0 Å². The molecule has 0 fully saturated rings. The van der Waals surface area contributed by atoms with E-state index in [9.17, 15) is 18.4 Å². The highest BCUT2D eigenvalue weighted by Crippen LogP contribution is 2.36. The maximum atomic E-state index is 12.2. The molecule has 0 unspecified atom stereocenters. The largest absolute Gasteiger partial charge is 0.478 e. The van der Waals surface area contributed by atoms with Gasteiger partial charge in [-0.25, -0.2) is 0 Å². The third-order valence-electron chi connectivity index (χ3n) is 2.80. The summed E-state index contributed by atoms with van der Waals surface area (Å²) >= 11 is 0. The van der Waals surface area contributed by atoms with Gasteiger partial charge in [-0.2, -0.15) is 13.2 Å². The van der Waals surface area contributed by atoms with E-state index in [1.807, 2.05) is 20.8 Å². The number of nitrogens with zero attached hydrogens (tertiary/aromatic N) is 1. The molecule has 0 aliphatic carbocycles. The van der Waals surface area contributed by atoms with Gasteiger partial charge in [0.2, 0.25) is 0 Å². The van der Waals surface area contributed by atoms with Crippen molar-refractivity contribution in [1.82, 2.24) is 0 Å². The van der Waals surface area contributed by atoms with Crippen LogP contribution < -0.4 is 0 Å². The average molecular weight is 257 g/mol. The fourth-order valence-electron chi connectivity index (χ4n) is 0.516. The summed E-state index contributed by atoms with van der Waals surface area (Å²) in [5.41, 5.74) is -1.28. The normalized spacial score (nSPS) is 15.8. The Bertz CT molecular complexity index is 292. The maximum absolute atomic E-state index is 12.2. The predicted molar refractivity (Wildman–Crippen MR) is 58.6 cm³/mol. The second kappa shape index (κ2) is 4.27. The summed E-state index contributed by atoms with van der Waals surface area (Å²) in [6.07, 6.45) is -4.65. The van der Waals surface area contributed by atoms with Crippen LogP contribution in [0.3, 0.4) is 0 Å². The van der Waals surface area contributed by atoms with Crippen LogP contribution in [0.15, 0.2) is 0 Å². The minimum atomic E-state index is -4.65. The van der Waals surface area contributed by atoms with E-state index < -0.39 is 25.1 Å². The molecule has 3 nitrogen and oxygen atoms in total. The van der Waals surface area contributed by atoms with Crippen LogP contribution >= 0.6 is 0 Å². The predicted octanol–water partition coefficient (Wildman–Crippen LogP) is 3.46. The van der Waals surface area contributed by atoms with E-state index in [1.165, 1.54) is 0 Å². The first kappa shape index (κ1) is 15.3. The molecular formula is C9H18F3NO2Si. The summed E-state index contributed by atoms with van der Waals surface area (Å²) in [6.45, 7) is 9.66. The SMILES string of the molecule is C/C(=[N+](/[O-])O[Si](C)(C)C(C)(C)C)C(F)(F)F. The number of hydrogen-bond donors (Lipinski definition) is 0. The van der Waals surface area contributed by atoms with Gasteiger partial charge in [0.05, 0.1) is 0 Å². The zero-order valence-corrected chi connectivity index (χ0v) is 11.4. The van der Waals surface area contributed by atoms with Gasteiger partial charge in [0, 0.05) is 11.8 Å². The molecule has 0 saturated heterocycles. The van der Waals surface area contributed by atoms with Crippen LogP contribution in [0.1, 0.15) is 27.7 Å². The van der Waals surface area contributed by atoms with Crippen LogP contribution in [0.4, 0.5) is 13.2 Å². The van der Waals surface area contributed by atoms with Gasteiger partial charge in [-0.3, -0.25) is 5.21 Å². The summed E-state index contributed by atoms with van der Waals surface area (Å²) in [7, 11) is -2.52. The molecule has 0 amide bonds. The minimum Gasteiger partial charge on any atom is -0.442 e. The molecule has 96 valence electrons. The Hall–Kier alpha value is -0.723. The van der Waals surface area contributed by atoms with Crippen molar-refractivity contribution >= 4 is 14.0 Å². The highest BCUT2D eigenvalue weighted by atomic mass is 28.4. The van der Waals surface area contributed by atoms with Crippen molar-refractivity contribution < 1.29 is 22.6 Å². The number of hydrogen-bond acceptors (Lipinski definition) is 2. The Morgan fingerprint density at radius 3 is 1.81 bits per heavy atom. The summed E-state index contributed by atoms with van der Waals surface area (Å²) in [5, 5.41) is 10.9. The molecule has 0 aliphatic heterocycles. The molecule has 0 N–H and O–H groups in total. The van der Waals surface area contributed by atoms with Crippen LogP contribution in [-0.4, -0.2) is 25.1 Å². The first-order chi connectivity index (χ1) is 6.79. The van der Waals surface area contributed by atoms with Gasteiger partial charge in [-0.15, -0.1) is 0 Å². The molecule has 0 spiro atoms. The molecule has 0 aromatic rings. The van der Waals surface area contributed by atoms with Gasteiger partial charge in [0.25, 0.3) is 0 Å². The summed E-state index contributed by atoms with van der Waals surface area (Å²) < 4.78 is 41.6. The van der Waals surface area contributed by atoms with Crippen LogP contribution in [0, 0.1) is 5.21 Å². The molecule has 0 aromatic carbocycles. The molecular weight excluding hydrogens is 239 g/mol. The third kappa shape index (κ3) is 3.69. The Kier molecular flexibility index (Phi) is 4.08. The Morgan fingerprint density at radius 1 is 1.19 bits per heavy atom. The molecule has 16 heavy (non-hydrogen) atoms. The van der Waals surface area contributed by atoms with E-state index in [0.29, 0.717) is 6.92 Å². The van der Waals surface area contributed by atoms with E-state index in [1.54, 1.807) is 13.1 Å².